The predicted octanol–water partition coefficient (Wildman–Crippen LogP) is 2.96. The van der Waals surface area contributed by atoms with Crippen LogP contribution >= 0.6 is 11.3 Å². The van der Waals surface area contributed by atoms with Gasteiger partial charge in [-0.3, -0.25) is 19.4 Å². The van der Waals surface area contributed by atoms with Gasteiger partial charge in [0, 0.05) is 30.6 Å². The van der Waals surface area contributed by atoms with Crippen LogP contribution in [0.5, 0.6) is 0 Å². The summed E-state index contributed by atoms with van der Waals surface area (Å²) in [6, 6.07) is 9.61. The van der Waals surface area contributed by atoms with Crippen molar-refractivity contribution in [3.8, 4) is 0 Å². The maximum atomic E-state index is 12.4. The molecule has 2 aliphatic rings. The zero-order valence-corrected chi connectivity index (χ0v) is 13.8. The van der Waals surface area contributed by atoms with E-state index in [-0.39, 0.29) is 11.8 Å². The van der Waals surface area contributed by atoms with Gasteiger partial charge in [0.2, 0.25) is 0 Å². The summed E-state index contributed by atoms with van der Waals surface area (Å²) in [5, 5.41) is 2.15. The molecule has 118 valence electrons. The predicted molar refractivity (Wildman–Crippen MR) is 89.8 cm³/mol. The van der Waals surface area contributed by atoms with E-state index in [1.165, 1.54) is 15.3 Å². The number of fused-ring (bicyclic) bond motifs is 2. The number of carbonyl (C=O) groups is 2. The molecule has 4 rings (SSSR count). The summed E-state index contributed by atoms with van der Waals surface area (Å²) in [5.74, 6) is -0.321. The lowest BCUT2D eigenvalue weighted by atomic mass is 10.0. The van der Waals surface area contributed by atoms with Crippen LogP contribution in [-0.4, -0.2) is 41.2 Å². The molecule has 2 aliphatic heterocycles. The third kappa shape index (κ3) is 2.31. The highest BCUT2D eigenvalue weighted by atomic mass is 32.1. The maximum Gasteiger partial charge on any atom is 0.261 e. The lowest BCUT2D eigenvalue weighted by molar-refractivity contribution is 0.0623. The summed E-state index contributed by atoms with van der Waals surface area (Å²) in [5.41, 5.74) is 2.46. The molecule has 0 unspecified atom stereocenters. The van der Waals surface area contributed by atoms with Crippen LogP contribution in [0.2, 0.25) is 0 Å². The Labute approximate surface area is 139 Å². The van der Waals surface area contributed by atoms with E-state index < -0.39 is 0 Å². The normalized spacial score (nSPS) is 20.7. The summed E-state index contributed by atoms with van der Waals surface area (Å²) in [4.78, 5) is 30.0. The Hall–Kier alpha value is -1.98. The maximum absolute atomic E-state index is 12.4. The van der Waals surface area contributed by atoms with Crippen molar-refractivity contribution < 1.29 is 9.59 Å². The quantitative estimate of drug-likeness (QED) is 0.814. The molecule has 1 aromatic carbocycles. The largest absolute Gasteiger partial charge is 0.294 e. The summed E-state index contributed by atoms with van der Waals surface area (Å²) in [7, 11) is 0. The molecule has 2 aromatic rings. The Morgan fingerprint density at radius 2 is 1.78 bits per heavy atom. The number of benzene rings is 1. The molecule has 4 nitrogen and oxygen atoms in total. The van der Waals surface area contributed by atoms with Crippen molar-refractivity contribution in [3.05, 3.63) is 57.3 Å². The van der Waals surface area contributed by atoms with Crippen LogP contribution < -0.4 is 0 Å². The van der Waals surface area contributed by atoms with E-state index in [9.17, 15) is 9.59 Å². The number of hydrogen-bond acceptors (Lipinski definition) is 4. The molecular formula is C18H18N2O2S. The van der Waals surface area contributed by atoms with E-state index in [0.717, 1.165) is 19.5 Å². The van der Waals surface area contributed by atoms with Crippen molar-refractivity contribution in [3.63, 3.8) is 0 Å². The van der Waals surface area contributed by atoms with Crippen LogP contribution in [0, 0.1) is 0 Å². The number of nitrogens with zero attached hydrogens (tertiary/aromatic N) is 2. The number of hydrogen-bond donors (Lipinski definition) is 0. The fraction of sp³-hybridized carbons (Fsp3) is 0.333. The first-order chi connectivity index (χ1) is 11.2. The van der Waals surface area contributed by atoms with Crippen molar-refractivity contribution in [1.29, 1.82) is 0 Å². The zero-order valence-electron chi connectivity index (χ0n) is 13.0. The molecule has 1 atom stereocenters. The molecule has 0 fully saturated rings. The van der Waals surface area contributed by atoms with Crippen molar-refractivity contribution in [2.75, 3.05) is 19.6 Å². The number of amides is 2. The second-order valence-electron chi connectivity index (χ2n) is 6.07. The lowest BCUT2D eigenvalue weighted by Gasteiger charge is -2.34. The molecule has 0 saturated carbocycles. The van der Waals surface area contributed by atoms with Gasteiger partial charge in [-0.15, -0.1) is 11.3 Å². The number of thiophene rings is 1. The van der Waals surface area contributed by atoms with Crippen LogP contribution in [0.3, 0.4) is 0 Å². The number of rotatable bonds is 3. The van der Waals surface area contributed by atoms with Crippen molar-refractivity contribution in [2.24, 2.45) is 0 Å². The average Bonchev–Trinajstić information content (AvgIpc) is 3.13. The SMILES string of the molecule is C[C@@H]1c2ccsc2CCN1CCN1C(=O)c2ccccc2C1=O. The Morgan fingerprint density at radius 3 is 2.48 bits per heavy atom. The first-order valence-corrected chi connectivity index (χ1v) is 8.80. The van der Waals surface area contributed by atoms with Gasteiger partial charge in [0.05, 0.1) is 11.1 Å². The molecule has 2 amide bonds. The van der Waals surface area contributed by atoms with Gasteiger partial charge in [-0.25, -0.2) is 0 Å². The summed E-state index contributed by atoms with van der Waals surface area (Å²) in [6.07, 6.45) is 1.06. The van der Waals surface area contributed by atoms with E-state index in [1.54, 1.807) is 24.3 Å². The first-order valence-electron chi connectivity index (χ1n) is 7.92. The molecule has 0 bridgehead atoms. The van der Waals surface area contributed by atoms with Gasteiger partial charge < -0.3 is 0 Å². The van der Waals surface area contributed by atoms with Crippen LogP contribution in [0.1, 0.15) is 44.1 Å². The van der Waals surface area contributed by atoms with E-state index in [1.807, 2.05) is 11.3 Å². The molecule has 23 heavy (non-hydrogen) atoms. The third-order valence-electron chi connectivity index (χ3n) is 4.89. The smallest absolute Gasteiger partial charge is 0.261 e. The van der Waals surface area contributed by atoms with Crippen molar-refractivity contribution in [2.45, 2.75) is 19.4 Å². The third-order valence-corrected chi connectivity index (χ3v) is 5.89. The van der Waals surface area contributed by atoms with E-state index >= 15 is 0 Å². The highest BCUT2D eigenvalue weighted by molar-refractivity contribution is 7.10. The second kappa shape index (κ2) is 5.58. The lowest BCUT2D eigenvalue weighted by Crippen LogP contribution is -2.41. The molecule has 0 spiro atoms. The topological polar surface area (TPSA) is 40.6 Å². The minimum absolute atomic E-state index is 0.161. The molecule has 0 N–H and O–H groups in total. The van der Waals surface area contributed by atoms with E-state index in [4.69, 9.17) is 0 Å². The molecular weight excluding hydrogens is 308 g/mol. The van der Waals surface area contributed by atoms with Crippen LogP contribution in [0.4, 0.5) is 0 Å². The molecule has 1 aromatic heterocycles. The standard InChI is InChI=1S/C18H18N2O2S/c1-12-13-7-11-23-16(13)6-8-19(12)9-10-20-17(21)14-4-2-3-5-15(14)18(20)22/h2-5,7,11-12H,6,8-10H2,1H3/t12-/m1/s1. The van der Waals surface area contributed by atoms with Gasteiger partial charge in [-0.2, -0.15) is 0 Å². The highest BCUT2D eigenvalue weighted by Crippen LogP contribution is 2.32. The summed E-state index contributed by atoms with van der Waals surface area (Å²) < 4.78 is 0. The van der Waals surface area contributed by atoms with Crippen LogP contribution in [-0.2, 0) is 6.42 Å². The second-order valence-corrected chi connectivity index (χ2v) is 7.07. The van der Waals surface area contributed by atoms with Gasteiger partial charge in [0.25, 0.3) is 11.8 Å². The Morgan fingerprint density at radius 1 is 1.09 bits per heavy atom. The summed E-state index contributed by atoms with van der Waals surface area (Å²) in [6.45, 7) is 4.36. The molecule has 5 heteroatoms. The van der Waals surface area contributed by atoms with Gasteiger partial charge in [-0.1, -0.05) is 12.1 Å². The monoisotopic (exact) mass is 326 g/mol. The molecule has 0 aliphatic carbocycles. The van der Waals surface area contributed by atoms with Gasteiger partial charge in [0.15, 0.2) is 0 Å². The minimum atomic E-state index is -0.161. The van der Waals surface area contributed by atoms with Gasteiger partial charge in [0.1, 0.15) is 0 Å². The number of carbonyl (C=O) groups excluding carboxylic acids is 2. The zero-order chi connectivity index (χ0) is 16.0. The number of imide groups is 1. The fourth-order valence-corrected chi connectivity index (χ4v) is 4.50. The van der Waals surface area contributed by atoms with Gasteiger partial charge in [-0.05, 0) is 42.5 Å². The molecule has 0 radical (unpaired) electrons. The average molecular weight is 326 g/mol. The highest BCUT2D eigenvalue weighted by Gasteiger charge is 2.35. The first kappa shape index (κ1) is 14.6. The van der Waals surface area contributed by atoms with E-state index in [0.29, 0.717) is 23.7 Å². The summed E-state index contributed by atoms with van der Waals surface area (Å²) >= 11 is 1.82. The molecule has 3 heterocycles. The van der Waals surface area contributed by atoms with Crippen LogP contribution in [0.25, 0.3) is 0 Å². The van der Waals surface area contributed by atoms with Gasteiger partial charge >= 0.3 is 0 Å². The Kier molecular flexibility index (Phi) is 3.54. The van der Waals surface area contributed by atoms with E-state index in [2.05, 4.69) is 23.3 Å². The molecule has 0 saturated heterocycles. The van der Waals surface area contributed by atoms with Crippen molar-refractivity contribution >= 4 is 23.2 Å². The minimum Gasteiger partial charge on any atom is -0.294 e. The van der Waals surface area contributed by atoms with Crippen molar-refractivity contribution in [1.82, 2.24) is 9.80 Å². The van der Waals surface area contributed by atoms with Crippen LogP contribution in [0.15, 0.2) is 35.7 Å². The fourth-order valence-electron chi connectivity index (χ4n) is 3.54. The Bertz CT molecular complexity index is 748. The Balaban J connectivity index is 1.47.